The molecule has 19 heavy (non-hydrogen) atoms. The highest BCUT2D eigenvalue weighted by Crippen LogP contribution is 2.19. The van der Waals surface area contributed by atoms with Crippen LogP contribution in [0.25, 0.3) is 10.9 Å². The van der Waals surface area contributed by atoms with E-state index >= 15 is 0 Å². The minimum atomic E-state index is 0.784. The Balaban J connectivity index is 1.50. The molecule has 1 aromatic heterocycles. The van der Waals surface area contributed by atoms with Gasteiger partial charge in [-0.2, -0.15) is 0 Å². The Hall–Kier alpha value is -1.48. The lowest BCUT2D eigenvalue weighted by Crippen LogP contribution is -2.29. The standard InChI is InChI=1S/C16H22N2O/c1-2-4-10-18(9-3-1)11-12-19-15-6-5-14-7-8-17-16(14)13-15/h5-8,13,17H,1-4,9-12H2. The molecule has 1 aliphatic rings. The fourth-order valence-electron chi connectivity index (χ4n) is 2.77. The number of nitrogens with zero attached hydrogens (tertiary/aromatic N) is 1. The van der Waals surface area contributed by atoms with Crippen molar-refractivity contribution in [3.63, 3.8) is 0 Å². The molecule has 0 bridgehead atoms. The lowest BCUT2D eigenvalue weighted by molar-refractivity contribution is 0.214. The van der Waals surface area contributed by atoms with E-state index in [1.807, 2.05) is 6.20 Å². The number of rotatable bonds is 4. The molecule has 3 rings (SSSR count). The molecule has 1 N–H and O–H groups in total. The first-order chi connectivity index (χ1) is 9.42. The van der Waals surface area contributed by atoms with Crippen LogP contribution in [0.1, 0.15) is 25.7 Å². The van der Waals surface area contributed by atoms with Gasteiger partial charge in [-0.1, -0.05) is 12.8 Å². The summed E-state index contributed by atoms with van der Waals surface area (Å²) in [5, 5.41) is 1.24. The number of nitrogens with one attached hydrogen (secondary N) is 1. The van der Waals surface area contributed by atoms with E-state index in [2.05, 4.69) is 34.1 Å². The molecule has 1 aromatic carbocycles. The molecule has 0 radical (unpaired) electrons. The summed E-state index contributed by atoms with van der Waals surface area (Å²) < 4.78 is 5.87. The fraction of sp³-hybridized carbons (Fsp3) is 0.500. The second kappa shape index (κ2) is 6.11. The largest absolute Gasteiger partial charge is 0.492 e. The maximum absolute atomic E-state index is 5.87. The summed E-state index contributed by atoms with van der Waals surface area (Å²) in [6, 6.07) is 8.32. The van der Waals surface area contributed by atoms with Gasteiger partial charge in [-0.3, -0.25) is 4.90 Å². The van der Waals surface area contributed by atoms with Gasteiger partial charge in [0.05, 0.1) is 0 Å². The van der Waals surface area contributed by atoms with Gasteiger partial charge in [-0.05, 0) is 49.5 Å². The molecule has 1 aliphatic heterocycles. The number of hydrogen-bond acceptors (Lipinski definition) is 2. The summed E-state index contributed by atoms with van der Waals surface area (Å²) in [7, 11) is 0. The van der Waals surface area contributed by atoms with E-state index in [1.165, 1.54) is 44.2 Å². The molecule has 2 heterocycles. The molecule has 2 aromatic rings. The maximum Gasteiger partial charge on any atom is 0.121 e. The van der Waals surface area contributed by atoms with Crippen LogP contribution in [0.2, 0.25) is 0 Å². The predicted molar refractivity (Wildman–Crippen MR) is 78.7 cm³/mol. The molecule has 3 nitrogen and oxygen atoms in total. The Morgan fingerprint density at radius 1 is 1.05 bits per heavy atom. The van der Waals surface area contributed by atoms with Crippen LogP contribution < -0.4 is 4.74 Å². The van der Waals surface area contributed by atoms with Gasteiger partial charge in [0.25, 0.3) is 0 Å². The van der Waals surface area contributed by atoms with Gasteiger partial charge in [0.1, 0.15) is 12.4 Å². The number of benzene rings is 1. The van der Waals surface area contributed by atoms with Crippen LogP contribution in [0.3, 0.4) is 0 Å². The smallest absolute Gasteiger partial charge is 0.121 e. The highest BCUT2D eigenvalue weighted by atomic mass is 16.5. The van der Waals surface area contributed by atoms with Gasteiger partial charge in [-0.25, -0.2) is 0 Å². The van der Waals surface area contributed by atoms with Crippen molar-refractivity contribution in [2.45, 2.75) is 25.7 Å². The van der Waals surface area contributed by atoms with Crippen molar-refractivity contribution >= 4 is 10.9 Å². The van der Waals surface area contributed by atoms with Gasteiger partial charge < -0.3 is 9.72 Å². The van der Waals surface area contributed by atoms with Crippen LogP contribution in [0.5, 0.6) is 5.75 Å². The zero-order valence-corrected chi connectivity index (χ0v) is 11.4. The van der Waals surface area contributed by atoms with E-state index in [0.717, 1.165) is 24.4 Å². The fourth-order valence-corrected chi connectivity index (χ4v) is 2.77. The van der Waals surface area contributed by atoms with Crippen molar-refractivity contribution in [2.24, 2.45) is 0 Å². The minimum Gasteiger partial charge on any atom is -0.492 e. The van der Waals surface area contributed by atoms with Gasteiger partial charge >= 0.3 is 0 Å². The van der Waals surface area contributed by atoms with E-state index in [1.54, 1.807) is 0 Å². The molecular formula is C16H22N2O. The third-order valence-corrected chi connectivity index (χ3v) is 3.90. The van der Waals surface area contributed by atoms with E-state index in [0.29, 0.717) is 0 Å². The number of aromatic nitrogens is 1. The molecule has 0 aliphatic carbocycles. The molecule has 0 saturated carbocycles. The van der Waals surface area contributed by atoms with Crippen molar-refractivity contribution < 1.29 is 4.74 Å². The van der Waals surface area contributed by atoms with Crippen LogP contribution in [-0.2, 0) is 0 Å². The van der Waals surface area contributed by atoms with Gasteiger partial charge in [0.15, 0.2) is 0 Å². The first-order valence-corrected chi connectivity index (χ1v) is 7.34. The number of ether oxygens (including phenoxy) is 1. The number of hydrogen-bond donors (Lipinski definition) is 1. The van der Waals surface area contributed by atoms with E-state index in [-0.39, 0.29) is 0 Å². The van der Waals surface area contributed by atoms with E-state index in [4.69, 9.17) is 4.74 Å². The monoisotopic (exact) mass is 258 g/mol. The van der Waals surface area contributed by atoms with Crippen molar-refractivity contribution in [3.8, 4) is 5.75 Å². The second-order valence-electron chi connectivity index (χ2n) is 5.33. The Bertz CT molecular complexity index is 512. The highest BCUT2D eigenvalue weighted by molar-refractivity contribution is 5.80. The number of likely N-dealkylation sites (tertiary alicyclic amines) is 1. The first-order valence-electron chi connectivity index (χ1n) is 7.34. The summed E-state index contributed by atoms with van der Waals surface area (Å²) in [5.74, 6) is 0.963. The zero-order chi connectivity index (χ0) is 12.9. The first kappa shape index (κ1) is 12.5. The summed E-state index contributed by atoms with van der Waals surface area (Å²) in [5.41, 5.74) is 1.15. The molecule has 1 saturated heterocycles. The van der Waals surface area contributed by atoms with Crippen LogP contribution >= 0.6 is 0 Å². The Morgan fingerprint density at radius 3 is 2.74 bits per heavy atom. The van der Waals surface area contributed by atoms with E-state index in [9.17, 15) is 0 Å². The normalized spacial score (nSPS) is 17.5. The summed E-state index contributed by atoms with van der Waals surface area (Å²) in [4.78, 5) is 5.75. The molecule has 0 spiro atoms. The minimum absolute atomic E-state index is 0.784. The molecule has 3 heteroatoms. The lowest BCUT2D eigenvalue weighted by Gasteiger charge is -2.19. The average molecular weight is 258 g/mol. The molecule has 0 unspecified atom stereocenters. The van der Waals surface area contributed by atoms with Crippen molar-refractivity contribution in [1.29, 1.82) is 0 Å². The third-order valence-electron chi connectivity index (χ3n) is 3.90. The van der Waals surface area contributed by atoms with Gasteiger partial charge in [0, 0.05) is 24.3 Å². The van der Waals surface area contributed by atoms with Gasteiger partial charge in [-0.15, -0.1) is 0 Å². The van der Waals surface area contributed by atoms with Crippen molar-refractivity contribution in [1.82, 2.24) is 9.88 Å². The van der Waals surface area contributed by atoms with Gasteiger partial charge in [0.2, 0.25) is 0 Å². The summed E-state index contributed by atoms with van der Waals surface area (Å²) in [6.45, 7) is 4.30. The Kier molecular flexibility index (Phi) is 4.04. The van der Waals surface area contributed by atoms with Crippen LogP contribution in [0.15, 0.2) is 30.5 Å². The van der Waals surface area contributed by atoms with E-state index < -0.39 is 0 Å². The Morgan fingerprint density at radius 2 is 1.89 bits per heavy atom. The topological polar surface area (TPSA) is 28.3 Å². The van der Waals surface area contributed by atoms with Crippen molar-refractivity contribution in [3.05, 3.63) is 30.5 Å². The van der Waals surface area contributed by atoms with Crippen LogP contribution in [0, 0.1) is 0 Å². The number of aromatic amines is 1. The van der Waals surface area contributed by atoms with Crippen LogP contribution in [-0.4, -0.2) is 36.1 Å². The predicted octanol–water partition coefficient (Wildman–Crippen LogP) is 3.42. The highest BCUT2D eigenvalue weighted by Gasteiger charge is 2.08. The third kappa shape index (κ3) is 3.29. The summed E-state index contributed by atoms with van der Waals surface area (Å²) >= 11 is 0. The quantitative estimate of drug-likeness (QED) is 0.910. The van der Waals surface area contributed by atoms with Crippen molar-refractivity contribution in [2.75, 3.05) is 26.2 Å². The lowest BCUT2D eigenvalue weighted by atomic mass is 10.2. The molecule has 0 atom stereocenters. The Labute approximate surface area is 114 Å². The summed E-state index contributed by atoms with van der Waals surface area (Å²) in [6.07, 6.45) is 7.43. The SMILES string of the molecule is c1cc2ccc(OCCN3CCCCCC3)cc2[nH]1. The second-order valence-corrected chi connectivity index (χ2v) is 5.33. The number of fused-ring (bicyclic) bond motifs is 1. The molecule has 0 amide bonds. The molecular weight excluding hydrogens is 236 g/mol. The zero-order valence-electron chi connectivity index (χ0n) is 11.4. The van der Waals surface area contributed by atoms with Crippen LogP contribution in [0.4, 0.5) is 0 Å². The molecule has 1 fully saturated rings. The average Bonchev–Trinajstić information content (AvgIpc) is 2.74. The molecule has 102 valence electrons. The number of H-pyrrole nitrogens is 1. The maximum atomic E-state index is 5.87.